The highest BCUT2D eigenvalue weighted by Crippen LogP contribution is 2.12. The van der Waals surface area contributed by atoms with Crippen LogP contribution >= 0.6 is 0 Å². The van der Waals surface area contributed by atoms with Gasteiger partial charge in [-0.3, -0.25) is 4.90 Å². The standard InChI is InChI=1S/C23H49NO3/c1-2-3-4-5-6-7-8-9-10-11-12-13-14-15-22-27-23-16-17-24(18-20-25)19-21-26/h25-26H,2-23H2,1H3. The summed E-state index contributed by atoms with van der Waals surface area (Å²) in [5.74, 6) is 0. The van der Waals surface area contributed by atoms with Gasteiger partial charge in [0.25, 0.3) is 0 Å². The molecule has 2 N–H and O–H groups in total. The van der Waals surface area contributed by atoms with Crippen LogP contribution in [-0.4, -0.2) is 61.2 Å². The van der Waals surface area contributed by atoms with Gasteiger partial charge >= 0.3 is 0 Å². The third-order valence-electron chi connectivity index (χ3n) is 5.24. The summed E-state index contributed by atoms with van der Waals surface area (Å²) in [6, 6.07) is 0. The summed E-state index contributed by atoms with van der Waals surface area (Å²) < 4.78 is 5.70. The van der Waals surface area contributed by atoms with E-state index in [2.05, 4.69) is 11.8 Å². The van der Waals surface area contributed by atoms with E-state index >= 15 is 0 Å². The molecule has 4 heteroatoms. The molecule has 0 aromatic carbocycles. The molecule has 4 nitrogen and oxygen atoms in total. The van der Waals surface area contributed by atoms with Gasteiger partial charge in [-0.15, -0.1) is 0 Å². The molecule has 0 aliphatic heterocycles. The molecule has 0 unspecified atom stereocenters. The Morgan fingerprint density at radius 3 is 1.37 bits per heavy atom. The van der Waals surface area contributed by atoms with Crippen molar-refractivity contribution in [1.29, 1.82) is 0 Å². The molecule has 0 radical (unpaired) electrons. The number of ether oxygens (including phenoxy) is 1. The van der Waals surface area contributed by atoms with E-state index in [1.54, 1.807) is 0 Å². The van der Waals surface area contributed by atoms with Crippen LogP contribution in [0.1, 0.15) is 103 Å². The van der Waals surface area contributed by atoms with Crippen LogP contribution in [0.3, 0.4) is 0 Å². The molecule has 0 bridgehead atoms. The Balaban J connectivity index is 3.12. The number of nitrogens with zero attached hydrogens (tertiary/aromatic N) is 1. The first-order chi connectivity index (χ1) is 13.3. The average molecular weight is 388 g/mol. The molecule has 0 spiro atoms. The van der Waals surface area contributed by atoms with Gasteiger partial charge in [-0.1, -0.05) is 90.4 Å². The van der Waals surface area contributed by atoms with Gasteiger partial charge in [0, 0.05) is 32.8 Å². The molecule has 27 heavy (non-hydrogen) atoms. The van der Waals surface area contributed by atoms with Crippen LogP contribution in [0.15, 0.2) is 0 Å². The zero-order valence-electron chi connectivity index (χ0n) is 18.3. The summed E-state index contributed by atoms with van der Waals surface area (Å²) in [6.07, 6.45) is 20.4. The highest BCUT2D eigenvalue weighted by molar-refractivity contribution is 4.56. The Kier molecular flexibility index (Phi) is 23.7. The zero-order chi connectivity index (χ0) is 19.8. The van der Waals surface area contributed by atoms with Crippen molar-refractivity contribution in [3.63, 3.8) is 0 Å². The third-order valence-corrected chi connectivity index (χ3v) is 5.24. The summed E-state index contributed by atoms with van der Waals surface area (Å²) in [4.78, 5) is 2.08. The van der Waals surface area contributed by atoms with Gasteiger partial charge in [0.05, 0.1) is 13.2 Å². The lowest BCUT2D eigenvalue weighted by Gasteiger charge is -2.19. The third kappa shape index (κ3) is 22.0. The second kappa shape index (κ2) is 23.9. The minimum Gasteiger partial charge on any atom is -0.395 e. The van der Waals surface area contributed by atoms with Gasteiger partial charge in [0.2, 0.25) is 0 Å². The lowest BCUT2D eigenvalue weighted by Crippen LogP contribution is -2.31. The van der Waals surface area contributed by atoms with Gasteiger partial charge in [0.15, 0.2) is 0 Å². The molecule has 0 fully saturated rings. The van der Waals surface area contributed by atoms with Crippen LogP contribution in [0.4, 0.5) is 0 Å². The molecule has 0 heterocycles. The van der Waals surface area contributed by atoms with Crippen LogP contribution in [0.5, 0.6) is 0 Å². The van der Waals surface area contributed by atoms with Gasteiger partial charge in [-0.05, 0) is 12.8 Å². The molecule has 164 valence electrons. The van der Waals surface area contributed by atoms with Gasteiger partial charge in [0.1, 0.15) is 0 Å². The van der Waals surface area contributed by atoms with E-state index in [1.807, 2.05) is 0 Å². The lowest BCUT2D eigenvalue weighted by atomic mass is 10.0. The first-order valence-electron chi connectivity index (χ1n) is 11.9. The summed E-state index contributed by atoms with van der Waals surface area (Å²) in [7, 11) is 0. The molecule has 0 aromatic heterocycles. The second-order valence-corrected chi connectivity index (χ2v) is 7.85. The number of rotatable bonds is 23. The van der Waals surface area contributed by atoms with Crippen LogP contribution in [-0.2, 0) is 4.74 Å². The summed E-state index contributed by atoms with van der Waals surface area (Å²) in [5, 5.41) is 17.9. The molecule has 0 saturated heterocycles. The van der Waals surface area contributed by atoms with E-state index in [0.29, 0.717) is 13.1 Å². The molecule has 0 aliphatic rings. The fourth-order valence-corrected chi connectivity index (χ4v) is 3.51. The normalized spacial score (nSPS) is 11.6. The first-order valence-corrected chi connectivity index (χ1v) is 11.9. The second-order valence-electron chi connectivity index (χ2n) is 7.85. The monoisotopic (exact) mass is 387 g/mol. The minimum atomic E-state index is 0.153. The smallest absolute Gasteiger partial charge is 0.0558 e. The van der Waals surface area contributed by atoms with Crippen molar-refractivity contribution >= 4 is 0 Å². The van der Waals surface area contributed by atoms with Gasteiger partial charge < -0.3 is 14.9 Å². The van der Waals surface area contributed by atoms with Crippen molar-refractivity contribution in [1.82, 2.24) is 4.90 Å². The predicted molar refractivity (Wildman–Crippen MR) is 116 cm³/mol. The fraction of sp³-hybridized carbons (Fsp3) is 1.00. The molecular formula is C23H49NO3. The molecule has 0 aliphatic carbocycles. The van der Waals surface area contributed by atoms with Crippen molar-refractivity contribution < 1.29 is 14.9 Å². The van der Waals surface area contributed by atoms with Crippen molar-refractivity contribution in [3.05, 3.63) is 0 Å². The zero-order valence-corrected chi connectivity index (χ0v) is 18.3. The van der Waals surface area contributed by atoms with E-state index in [1.165, 1.54) is 89.9 Å². The largest absolute Gasteiger partial charge is 0.395 e. The minimum absolute atomic E-state index is 0.153. The number of hydrogen-bond donors (Lipinski definition) is 2. The summed E-state index contributed by atoms with van der Waals surface area (Å²) in [6.45, 7) is 6.41. The highest BCUT2D eigenvalue weighted by Gasteiger charge is 2.02. The predicted octanol–water partition coefficient (Wildman–Crippen LogP) is 5.16. The molecular weight excluding hydrogens is 338 g/mol. The Bertz CT molecular complexity index is 258. The van der Waals surface area contributed by atoms with E-state index in [-0.39, 0.29) is 13.2 Å². The quantitative estimate of drug-likeness (QED) is 0.238. The number of hydrogen-bond acceptors (Lipinski definition) is 4. The van der Waals surface area contributed by atoms with E-state index < -0.39 is 0 Å². The van der Waals surface area contributed by atoms with Crippen molar-refractivity contribution in [2.24, 2.45) is 0 Å². The maximum atomic E-state index is 8.96. The number of unbranched alkanes of at least 4 members (excludes halogenated alkanes) is 13. The summed E-state index contributed by atoms with van der Waals surface area (Å²) >= 11 is 0. The Labute approximate surface area is 169 Å². The molecule has 0 aromatic rings. The topological polar surface area (TPSA) is 52.9 Å². The SMILES string of the molecule is CCCCCCCCCCCCCCCCOCCCN(CCO)CCO. The molecule has 0 rings (SSSR count). The lowest BCUT2D eigenvalue weighted by molar-refractivity contribution is 0.107. The average Bonchev–Trinajstić information content (AvgIpc) is 2.67. The van der Waals surface area contributed by atoms with Gasteiger partial charge in [-0.25, -0.2) is 0 Å². The first kappa shape index (κ1) is 26.8. The van der Waals surface area contributed by atoms with E-state index in [4.69, 9.17) is 14.9 Å². The Hall–Kier alpha value is -0.160. The van der Waals surface area contributed by atoms with E-state index in [9.17, 15) is 0 Å². The van der Waals surface area contributed by atoms with Gasteiger partial charge in [-0.2, -0.15) is 0 Å². The molecule has 0 saturated carbocycles. The van der Waals surface area contributed by atoms with Crippen LogP contribution in [0.2, 0.25) is 0 Å². The molecule has 0 atom stereocenters. The van der Waals surface area contributed by atoms with Crippen molar-refractivity contribution in [2.75, 3.05) is 46.1 Å². The Morgan fingerprint density at radius 1 is 0.519 bits per heavy atom. The maximum absolute atomic E-state index is 8.96. The highest BCUT2D eigenvalue weighted by atomic mass is 16.5. The van der Waals surface area contributed by atoms with Crippen LogP contribution in [0, 0.1) is 0 Å². The Morgan fingerprint density at radius 2 is 0.926 bits per heavy atom. The maximum Gasteiger partial charge on any atom is 0.0558 e. The number of aliphatic hydroxyl groups is 2. The molecule has 0 amide bonds. The van der Waals surface area contributed by atoms with Crippen molar-refractivity contribution in [3.8, 4) is 0 Å². The van der Waals surface area contributed by atoms with Crippen LogP contribution < -0.4 is 0 Å². The fourth-order valence-electron chi connectivity index (χ4n) is 3.51. The van der Waals surface area contributed by atoms with E-state index in [0.717, 1.165) is 26.2 Å². The number of aliphatic hydroxyl groups excluding tert-OH is 2. The van der Waals surface area contributed by atoms with Crippen LogP contribution in [0.25, 0.3) is 0 Å². The summed E-state index contributed by atoms with van der Waals surface area (Å²) in [5.41, 5.74) is 0. The van der Waals surface area contributed by atoms with Crippen molar-refractivity contribution in [2.45, 2.75) is 103 Å².